The fraction of sp³-hybridized carbons (Fsp3) is 0.450. The van der Waals surface area contributed by atoms with Gasteiger partial charge in [0.05, 0.1) is 6.42 Å². The van der Waals surface area contributed by atoms with Crippen molar-refractivity contribution in [3.63, 3.8) is 0 Å². The van der Waals surface area contributed by atoms with E-state index in [1.54, 1.807) is 18.3 Å². The molecular weight excluding hydrogens is 341 g/mol. The van der Waals surface area contributed by atoms with E-state index in [9.17, 15) is 18.0 Å². The minimum absolute atomic E-state index is 0.0338. The van der Waals surface area contributed by atoms with Crippen LogP contribution in [0.5, 0.6) is 0 Å². The molecule has 134 valence electrons. The van der Waals surface area contributed by atoms with Crippen LogP contribution in [0.25, 0.3) is 10.8 Å². The number of aromatic nitrogens is 1. The Hall–Kier alpha value is -2.42. The van der Waals surface area contributed by atoms with E-state index in [2.05, 4.69) is 4.98 Å². The van der Waals surface area contributed by atoms with Gasteiger partial charge in [0.15, 0.2) is 0 Å². The van der Waals surface area contributed by atoms with E-state index < -0.39 is 29.3 Å². The van der Waals surface area contributed by atoms with Gasteiger partial charge in [-0.2, -0.15) is 18.4 Å². The zero-order valence-electron chi connectivity index (χ0n) is 14.2. The van der Waals surface area contributed by atoms with Gasteiger partial charge in [-0.1, -0.05) is 25.1 Å². The first kappa shape index (κ1) is 17.0. The first-order valence-corrected chi connectivity index (χ1v) is 8.57. The molecule has 0 bridgehead atoms. The van der Waals surface area contributed by atoms with Gasteiger partial charge >= 0.3 is 6.18 Å². The van der Waals surface area contributed by atoms with Gasteiger partial charge in [0, 0.05) is 23.9 Å². The largest absolute Gasteiger partial charge is 0.389 e. The van der Waals surface area contributed by atoms with Crippen molar-refractivity contribution in [2.75, 3.05) is 0 Å². The number of hydrogen-bond acceptors (Lipinski definition) is 3. The number of hydrogen-bond donors (Lipinski definition) is 0. The number of benzene rings is 1. The lowest BCUT2D eigenvalue weighted by Crippen LogP contribution is -2.22. The molecule has 0 aliphatic heterocycles. The summed E-state index contributed by atoms with van der Waals surface area (Å²) in [6.45, 7) is 1.82. The Balaban J connectivity index is 1.68. The quantitative estimate of drug-likeness (QED) is 0.807. The van der Waals surface area contributed by atoms with Crippen LogP contribution in [-0.4, -0.2) is 16.9 Å². The molecule has 0 saturated heterocycles. The molecule has 1 aromatic heterocycles. The highest BCUT2D eigenvalue weighted by atomic mass is 19.4. The van der Waals surface area contributed by atoms with Crippen LogP contribution in [0.3, 0.4) is 0 Å². The molecular formula is C20H17F3N2O. The highest BCUT2D eigenvalue weighted by Crippen LogP contribution is 2.79. The van der Waals surface area contributed by atoms with Gasteiger partial charge in [0.2, 0.25) is 0 Å². The Labute approximate surface area is 148 Å². The summed E-state index contributed by atoms with van der Waals surface area (Å²) in [5.74, 6) is -0.534. The van der Waals surface area contributed by atoms with E-state index in [4.69, 9.17) is 5.26 Å². The number of rotatable bonds is 3. The van der Waals surface area contributed by atoms with Gasteiger partial charge in [0.1, 0.15) is 17.5 Å². The molecule has 2 aromatic rings. The molecule has 6 heteroatoms. The summed E-state index contributed by atoms with van der Waals surface area (Å²) in [6.07, 6.45) is -2.60. The van der Waals surface area contributed by atoms with Crippen molar-refractivity contribution < 1.29 is 18.0 Å². The minimum atomic E-state index is -4.27. The van der Waals surface area contributed by atoms with Crippen LogP contribution in [0.15, 0.2) is 30.5 Å². The molecule has 1 heterocycles. The fourth-order valence-electron chi connectivity index (χ4n) is 5.30. The predicted octanol–water partition coefficient (Wildman–Crippen LogP) is 4.59. The van der Waals surface area contributed by atoms with Gasteiger partial charge in [-0.3, -0.25) is 4.79 Å². The molecule has 2 saturated carbocycles. The lowest BCUT2D eigenvalue weighted by Gasteiger charge is -2.23. The Bertz CT molecular complexity index is 962. The molecule has 3 nitrogen and oxygen atoms in total. The lowest BCUT2D eigenvalue weighted by atomic mass is 9.82. The van der Waals surface area contributed by atoms with E-state index in [1.807, 2.05) is 25.1 Å². The second kappa shape index (κ2) is 5.29. The molecule has 4 rings (SSSR count). The smallest absolute Gasteiger partial charge is 0.299 e. The van der Waals surface area contributed by atoms with E-state index >= 15 is 0 Å². The van der Waals surface area contributed by atoms with Crippen LogP contribution < -0.4 is 0 Å². The normalized spacial score (nSPS) is 30.3. The van der Waals surface area contributed by atoms with Crippen LogP contribution in [0.4, 0.5) is 13.2 Å². The van der Waals surface area contributed by atoms with Crippen molar-refractivity contribution in [1.82, 2.24) is 4.98 Å². The number of nitrogens with zero attached hydrogens (tertiary/aromatic N) is 2. The molecule has 2 fully saturated rings. The lowest BCUT2D eigenvalue weighted by molar-refractivity contribution is -0.151. The molecule has 2 aliphatic carbocycles. The van der Waals surface area contributed by atoms with Crippen molar-refractivity contribution in [2.24, 2.45) is 16.7 Å². The predicted molar refractivity (Wildman–Crippen MR) is 89.1 cm³/mol. The Morgan fingerprint density at radius 2 is 2.12 bits per heavy atom. The molecule has 2 aliphatic rings. The van der Waals surface area contributed by atoms with Crippen LogP contribution in [0.1, 0.15) is 37.4 Å². The molecule has 1 aromatic carbocycles. The number of nitriles is 1. The van der Waals surface area contributed by atoms with Crippen LogP contribution in [-0.2, 0) is 11.2 Å². The van der Waals surface area contributed by atoms with Crippen LogP contribution in [0.2, 0.25) is 0 Å². The van der Waals surface area contributed by atoms with E-state index in [0.717, 1.165) is 16.3 Å². The number of halogens is 3. The van der Waals surface area contributed by atoms with Gasteiger partial charge < -0.3 is 0 Å². The van der Waals surface area contributed by atoms with Crippen molar-refractivity contribution in [3.05, 3.63) is 41.7 Å². The standard InChI is InChI=1S/C20H17F3N2O/c1-18(17-16(26)4-6-19(17,18)11-20(21,22)23)9-12-2-3-14-13(8-12)5-7-25-15(14)10-24/h2-3,5,7-8,17H,4,6,9,11H2,1H3/t17?,18-,19?/m0/s1. The summed E-state index contributed by atoms with van der Waals surface area (Å²) in [6, 6.07) is 9.33. The molecule has 3 atom stereocenters. The average molecular weight is 358 g/mol. The third-order valence-electron chi connectivity index (χ3n) is 6.41. The molecule has 2 unspecified atom stereocenters. The fourth-order valence-corrected chi connectivity index (χ4v) is 5.30. The number of Topliss-reactive ketones (excluding diaryl/α,β-unsaturated/α-hetero) is 1. The highest BCUT2D eigenvalue weighted by molar-refractivity contribution is 5.90. The van der Waals surface area contributed by atoms with Crippen molar-refractivity contribution in [1.29, 1.82) is 5.26 Å². The first-order valence-electron chi connectivity index (χ1n) is 8.57. The van der Waals surface area contributed by atoms with Gasteiger partial charge in [-0.25, -0.2) is 4.98 Å². The molecule has 0 amide bonds. The second-order valence-corrected chi connectivity index (χ2v) is 7.77. The van der Waals surface area contributed by atoms with Gasteiger partial charge in [-0.15, -0.1) is 0 Å². The summed E-state index contributed by atoms with van der Waals surface area (Å²) in [4.78, 5) is 16.2. The summed E-state index contributed by atoms with van der Waals surface area (Å²) < 4.78 is 39.4. The van der Waals surface area contributed by atoms with E-state index in [1.165, 1.54) is 0 Å². The number of ketones is 1. The summed E-state index contributed by atoms with van der Waals surface area (Å²) in [5, 5.41) is 10.7. The Morgan fingerprint density at radius 3 is 2.81 bits per heavy atom. The SMILES string of the molecule is C[C@]1(Cc2ccc3c(C#N)nccc3c2)C2C(=O)CCC21CC(F)(F)F. The number of carbonyl (C=O) groups excluding carboxylic acids is 1. The zero-order valence-corrected chi connectivity index (χ0v) is 14.2. The van der Waals surface area contributed by atoms with Crippen LogP contribution in [0, 0.1) is 28.1 Å². The Morgan fingerprint density at radius 1 is 1.35 bits per heavy atom. The second-order valence-electron chi connectivity index (χ2n) is 7.77. The van der Waals surface area contributed by atoms with Gasteiger partial charge in [-0.05, 0) is 40.7 Å². The summed E-state index contributed by atoms with van der Waals surface area (Å²) in [7, 11) is 0. The third-order valence-corrected chi connectivity index (χ3v) is 6.41. The molecule has 0 spiro atoms. The minimum Gasteiger partial charge on any atom is -0.299 e. The average Bonchev–Trinajstić information content (AvgIpc) is 2.86. The van der Waals surface area contributed by atoms with Gasteiger partial charge in [0.25, 0.3) is 0 Å². The van der Waals surface area contributed by atoms with Crippen LogP contribution >= 0.6 is 0 Å². The number of alkyl halides is 3. The maximum atomic E-state index is 13.1. The number of carbonyl (C=O) groups is 1. The summed E-state index contributed by atoms with van der Waals surface area (Å²) >= 11 is 0. The zero-order chi connectivity index (χ0) is 18.7. The maximum Gasteiger partial charge on any atom is 0.389 e. The van der Waals surface area contributed by atoms with E-state index in [0.29, 0.717) is 18.5 Å². The van der Waals surface area contributed by atoms with Crippen molar-refractivity contribution >= 4 is 16.6 Å². The number of pyridine rings is 1. The summed E-state index contributed by atoms with van der Waals surface area (Å²) in [5.41, 5.74) is -0.393. The molecule has 0 N–H and O–H groups in total. The molecule has 26 heavy (non-hydrogen) atoms. The van der Waals surface area contributed by atoms with Crippen molar-refractivity contribution in [2.45, 2.75) is 38.8 Å². The monoisotopic (exact) mass is 358 g/mol. The topological polar surface area (TPSA) is 53.8 Å². The van der Waals surface area contributed by atoms with E-state index in [-0.39, 0.29) is 12.2 Å². The maximum absolute atomic E-state index is 13.1. The molecule has 0 radical (unpaired) electrons. The third kappa shape index (κ3) is 2.33. The highest BCUT2D eigenvalue weighted by Gasteiger charge is 2.79. The Kier molecular flexibility index (Phi) is 3.46. The van der Waals surface area contributed by atoms with Crippen molar-refractivity contribution in [3.8, 4) is 6.07 Å². The first-order chi connectivity index (χ1) is 12.2. The number of fused-ring (bicyclic) bond motifs is 2.